The van der Waals surface area contributed by atoms with Crippen molar-refractivity contribution in [1.82, 2.24) is 5.09 Å². The Bertz CT molecular complexity index is 290. The Morgan fingerprint density at radius 2 is 1.13 bits per heavy atom. The van der Waals surface area contributed by atoms with E-state index in [9.17, 15) is 9.90 Å². The standard InChI is InChI=1S/C19H42NO2P/c1-6-10-14-23(15-11-7-2,16-12-8-3,17-13-9-4)20-18(5)19(21)22/h18,20H,6-17H2,1-5H3,(H,21,22)/t18-/m0/s1. The van der Waals surface area contributed by atoms with Crippen molar-refractivity contribution in [3.8, 4) is 0 Å². The second kappa shape index (κ2) is 11.4. The van der Waals surface area contributed by atoms with Crippen LogP contribution in [0.15, 0.2) is 0 Å². The fourth-order valence-electron chi connectivity index (χ4n) is 3.82. The third-order valence-electron chi connectivity index (χ3n) is 5.32. The van der Waals surface area contributed by atoms with Gasteiger partial charge < -0.3 is 0 Å². The molecule has 0 aliphatic carbocycles. The van der Waals surface area contributed by atoms with Crippen LogP contribution in [0.25, 0.3) is 0 Å². The van der Waals surface area contributed by atoms with Crippen LogP contribution in [-0.4, -0.2) is 41.8 Å². The van der Waals surface area contributed by atoms with Crippen LogP contribution >= 0.6 is 6.75 Å². The number of carbonyl (C=O) groups is 1. The first-order valence-electron chi connectivity index (χ1n) is 9.90. The molecule has 0 aromatic rings. The monoisotopic (exact) mass is 347 g/mol. The van der Waals surface area contributed by atoms with Gasteiger partial charge in [-0.1, -0.05) is 0 Å². The SMILES string of the molecule is CCCCP(CCCC)(CCCC)(CCCC)N[C@@H](C)C(=O)O. The summed E-state index contributed by atoms with van der Waals surface area (Å²) in [4.78, 5) is 11.6. The minimum absolute atomic E-state index is 0.421. The van der Waals surface area contributed by atoms with E-state index in [1.54, 1.807) is 0 Å². The van der Waals surface area contributed by atoms with Gasteiger partial charge in [-0.05, 0) is 0 Å². The molecule has 140 valence electrons. The van der Waals surface area contributed by atoms with Crippen LogP contribution in [0, 0.1) is 0 Å². The Morgan fingerprint density at radius 3 is 1.35 bits per heavy atom. The van der Waals surface area contributed by atoms with Gasteiger partial charge in [0.15, 0.2) is 0 Å². The molecule has 0 aromatic heterocycles. The Labute approximate surface area is 145 Å². The molecule has 0 rings (SSSR count). The van der Waals surface area contributed by atoms with Gasteiger partial charge in [-0.15, -0.1) is 0 Å². The van der Waals surface area contributed by atoms with Crippen molar-refractivity contribution in [2.75, 3.05) is 24.6 Å². The van der Waals surface area contributed by atoms with E-state index < -0.39 is 18.8 Å². The fraction of sp³-hybridized carbons (Fsp3) is 0.947. The van der Waals surface area contributed by atoms with E-state index in [1.165, 1.54) is 76.0 Å². The second-order valence-electron chi connectivity index (χ2n) is 7.47. The molecule has 0 unspecified atom stereocenters. The molecule has 2 N–H and O–H groups in total. The third kappa shape index (κ3) is 7.52. The zero-order chi connectivity index (χ0) is 17.8. The first-order valence-corrected chi connectivity index (χ1v) is 12.9. The summed E-state index contributed by atoms with van der Waals surface area (Å²) in [5.74, 6) is -0.694. The van der Waals surface area contributed by atoms with Gasteiger partial charge in [-0.3, -0.25) is 0 Å². The van der Waals surface area contributed by atoms with Gasteiger partial charge in [-0.25, -0.2) is 0 Å². The van der Waals surface area contributed by atoms with E-state index in [-0.39, 0.29) is 0 Å². The van der Waals surface area contributed by atoms with Crippen molar-refractivity contribution >= 4 is 12.7 Å². The van der Waals surface area contributed by atoms with Crippen molar-refractivity contribution in [3.63, 3.8) is 0 Å². The van der Waals surface area contributed by atoms with Crippen molar-refractivity contribution in [1.29, 1.82) is 0 Å². The summed E-state index contributed by atoms with van der Waals surface area (Å²) >= 11 is 0. The summed E-state index contributed by atoms with van der Waals surface area (Å²) in [7, 11) is 0. The molecule has 0 saturated carbocycles. The summed E-state index contributed by atoms with van der Waals surface area (Å²) in [6.07, 6.45) is 14.7. The number of unbranched alkanes of at least 4 members (excludes halogenated alkanes) is 4. The molecule has 23 heavy (non-hydrogen) atoms. The average Bonchev–Trinajstić information content (AvgIpc) is 2.55. The van der Waals surface area contributed by atoms with Gasteiger partial charge in [-0.2, -0.15) is 0 Å². The van der Waals surface area contributed by atoms with E-state index in [0.717, 1.165) is 0 Å². The van der Waals surface area contributed by atoms with Gasteiger partial charge in [0.2, 0.25) is 0 Å². The number of aliphatic carboxylic acids is 1. The Balaban J connectivity index is 5.71. The van der Waals surface area contributed by atoms with Crippen LogP contribution in [-0.2, 0) is 4.79 Å². The molecule has 0 aliphatic rings. The molecular weight excluding hydrogens is 305 g/mol. The predicted octanol–water partition coefficient (Wildman–Crippen LogP) is 5.72. The van der Waals surface area contributed by atoms with E-state index in [1.807, 2.05) is 6.92 Å². The summed E-state index contributed by atoms with van der Waals surface area (Å²) in [5.41, 5.74) is 0. The van der Waals surface area contributed by atoms with E-state index in [0.29, 0.717) is 0 Å². The number of rotatable bonds is 15. The van der Waals surface area contributed by atoms with Gasteiger partial charge in [0.1, 0.15) is 0 Å². The number of hydrogen-bond donors (Lipinski definition) is 2. The summed E-state index contributed by atoms with van der Waals surface area (Å²) in [6.45, 7) is 8.69. The molecule has 0 heterocycles. The van der Waals surface area contributed by atoms with Gasteiger partial charge in [0, 0.05) is 0 Å². The summed E-state index contributed by atoms with van der Waals surface area (Å²) in [6, 6.07) is -0.421. The van der Waals surface area contributed by atoms with Gasteiger partial charge >= 0.3 is 144 Å². The molecule has 0 saturated heterocycles. The molecular formula is C19H42NO2P. The van der Waals surface area contributed by atoms with Crippen LogP contribution in [0.4, 0.5) is 0 Å². The number of carboxylic acid groups (broad SMARTS) is 1. The van der Waals surface area contributed by atoms with Gasteiger partial charge in [0.05, 0.1) is 0 Å². The van der Waals surface area contributed by atoms with Crippen molar-refractivity contribution in [3.05, 3.63) is 0 Å². The van der Waals surface area contributed by atoms with Crippen LogP contribution in [0.1, 0.15) is 86.0 Å². The molecule has 0 aromatic carbocycles. The molecule has 0 radical (unpaired) electrons. The zero-order valence-corrected chi connectivity index (χ0v) is 17.3. The maximum absolute atomic E-state index is 11.6. The number of carboxylic acids is 1. The minimum atomic E-state index is -2.18. The Hall–Kier alpha value is -0.140. The molecule has 0 bridgehead atoms. The third-order valence-corrected chi connectivity index (χ3v) is 12.4. The first-order chi connectivity index (χ1) is 10.9. The molecule has 0 aliphatic heterocycles. The van der Waals surface area contributed by atoms with Crippen molar-refractivity contribution in [2.24, 2.45) is 0 Å². The van der Waals surface area contributed by atoms with E-state index >= 15 is 0 Å². The van der Waals surface area contributed by atoms with Crippen LogP contribution in [0.3, 0.4) is 0 Å². The normalized spacial score (nSPS) is 15.1. The van der Waals surface area contributed by atoms with Crippen LogP contribution in [0.2, 0.25) is 0 Å². The molecule has 0 fully saturated rings. The molecule has 1 atom stereocenters. The molecule has 3 nitrogen and oxygen atoms in total. The summed E-state index contributed by atoms with van der Waals surface area (Å²) < 4.78 is 0. The van der Waals surface area contributed by atoms with Crippen molar-refractivity contribution < 1.29 is 9.90 Å². The second-order valence-corrected chi connectivity index (χ2v) is 13.5. The van der Waals surface area contributed by atoms with Crippen LogP contribution < -0.4 is 5.09 Å². The van der Waals surface area contributed by atoms with E-state index in [2.05, 4.69) is 32.8 Å². The fourth-order valence-corrected chi connectivity index (χ4v) is 11.5. The number of nitrogens with one attached hydrogen (secondary N) is 1. The quantitative estimate of drug-likeness (QED) is 0.373. The average molecular weight is 348 g/mol. The topological polar surface area (TPSA) is 49.3 Å². The zero-order valence-electron chi connectivity index (χ0n) is 16.4. The Morgan fingerprint density at radius 1 is 0.826 bits per heavy atom. The molecule has 0 spiro atoms. The van der Waals surface area contributed by atoms with Gasteiger partial charge in [0.25, 0.3) is 0 Å². The molecule has 4 heteroatoms. The summed E-state index contributed by atoms with van der Waals surface area (Å²) in [5, 5.41) is 13.3. The van der Waals surface area contributed by atoms with E-state index in [4.69, 9.17) is 0 Å². The Kier molecular flexibility index (Phi) is 11.4. The first kappa shape index (κ1) is 22.9. The van der Waals surface area contributed by atoms with Crippen LogP contribution in [0.5, 0.6) is 0 Å². The molecule has 0 amide bonds. The number of hydrogen-bond acceptors (Lipinski definition) is 2. The maximum atomic E-state index is 11.6. The van der Waals surface area contributed by atoms with Crippen molar-refractivity contribution in [2.45, 2.75) is 92.0 Å². The predicted molar refractivity (Wildman–Crippen MR) is 106 cm³/mol.